The van der Waals surface area contributed by atoms with Gasteiger partial charge in [-0.3, -0.25) is 0 Å². The highest BCUT2D eigenvalue weighted by molar-refractivity contribution is 5.45. The summed E-state index contributed by atoms with van der Waals surface area (Å²) < 4.78 is 15.4. The third kappa shape index (κ3) is 2.64. The van der Waals surface area contributed by atoms with Crippen molar-refractivity contribution in [3.05, 3.63) is 47.8 Å². The summed E-state index contributed by atoms with van der Waals surface area (Å²) in [7, 11) is 0. The molecular formula is C13H16FN3. The van der Waals surface area contributed by atoms with Gasteiger partial charge in [-0.15, -0.1) is 0 Å². The van der Waals surface area contributed by atoms with Crippen LogP contribution >= 0.6 is 0 Å². The van der Waals surface area contributed by atoms with Gasteiger partial charge in [0.15, 0.2) is 0 Å². The summed E-state index contributed by atoms with van der Waals surface area (Å²) in [5.74, 6) is 0.766. The van der Waals surface area contributed by atoms with Gasteiger partial charge in [0.2, 0.25) is 0 Å². The van der Waals surface area contributed by atoms with Gasteiger partial charge in [-0.2, -0.15) is 0 Å². The number of nitrogens with zero attached hydrogens (tertiary/aromatic N) is 2. The van der Waals surface area contributed by atoms with Crippen molar-refractivity contribution in [2.45, 2.75) is 26.9 Å². The minimum absolute atomic E-state index is 0.186. The number of hydrogen-bond donors (Lipinski definition) is 1. The Bertz CT molecular complexity index is 505. The third-order valence-electron chi connectivity index (χ3n) is 2.76. The standard InChI is InChI=1S/C13H16FN3/c1-3-17-7-6-15-13(17)9-16-11-5-4-10(2)12(14)8-11/h4-8,16H,3,9H2,1-2H3. The molecule has 0 amide bonds. The maximum atomic E-state index is 13.3. The summed E-state index contributed by atoms with van der Waals surface area (Å²) in [6.07, 6.45) is 3.71. The molecule has 1 aromatic carbocycles. The van der Waals surface area contributed by atoms with Gasteiger partial charge in [0.25, 0.3) is 0 Å². The van der Waals surface area contributed by atoms with Gasteiger partial charge < -0.3 is 9.88 Å². The first-order valence-corrected chi connectivity index (χ1v) is 5.70. The number of aromatic nitrogens is 2. The van der Waals surface area contributed by atoms with Crippen molar-refractivity contribution in [1.29, 1.82) is 0 Å². The molecular weight excluding hydrogens is 217 g/mol. The van der Waals surface area contributed by atoms with Gasteiger partial charge in [0, 0.05) is 24.6 Å². The van der Waals surface area contributed by atoms with Gasteiger partial charge in [-0.25, -0.2) is 9.37 Å². The molecule has 4 heteroatoms. The second-order valence-electron chi connectivity index (χ2n) is 3.95. The third-order valence-corrected chi connectivity index (χ3v) is 2.76. The Balaban J connectivity index is 2.05. The van der Waals surface area contributed by atoms with Gasteiger partial charge in [-0.05, 0) is 31.5 Å². The van der Waals surface area contributed by atoms with E-state index in [1.165, 1.54) is 6.07 Å². The van der Waals surface area contributed by atoms with Crippen molar-refractivity contribution in [3.8, 4) is 0 Å². The van der Waals surface area contributed by atoms with Crippen molar-refractivity contribution in [2.24, 2.45) is 0 Å². The molecule has 3 nitrogen and oxygen atoms in total. The smallest absolute Gasteiger partial charge is 0.128 e. The van der Waals surface area contributed by atoms with Crippen molar-refractivity contribution < 1.29 is 4.39 Å². The van der Waals surface area contributed by atoms with Crippen LogP contribution in [0.1, 0.15) is 18.3 Å². The van der Waals surface area contributed by atoms with E-state index in [1.807, 2.05) is 12.3 Å². The molecule has 0 saturated carbocycles. The molecule has 0 atom stereocenters. The Labute approximate surface area is 100 Å². The molecule has 2 aromatic rings. The SMILES string of the molecule is CCn1ccnc1CNc1ccc(C)c(F)c1. The molecule has 1 aromatic heterocycles. The summed E-state index contributed by atoms with van der Waals surface area (Å²) in [5, 5.41) is 3.17. The van der Waals surface area contributed by atoms with Gasteiger partial charge in [0.1, 0.15) is 11.6 Å². The zero-order valence-electron chi connectivity index (χ0n) is 10.1. The van der Waals surface area contributed by atoms with Crippen LogP contribution in [0, 0.1) is 12.7 Å². The number of rotatable bonds is 4. The van der Waals surface area contributed by atoms with E-state index in [0.717, 1.165) is 18.1 Å². The molecule has 0 radical (unpaired) electrons. The lowest BCUT2D eigenvalue weighted by atomic mass is 10.2. The lowest BCUT2D eigenvalue weighted by Gasteiger charge is -2.08. The lowest BCUT2D eigenvalue weighted by molar-refractivity contribution is 0.618. The highest BCUT2D eigenvalue weighted by Crippen LogP contribution is 2.14. The van der Waals surface area contributed by atoms with Crippen LogP contribution in [0.2, 0.25) is 0 Å². The van der Waals surface area contributed by atoms with Crippen LogP contribution in [0.25, 0.3) is 0 Å². The van der Waals surface area contributed by atoms with Crippen LogP contribution in [-0.2, 0) is 13.1 Å². The van der Waals surface area contributed by atoms with E-state index in [1.54, 1.807) is 19.2 Å². The highest BCUT2D eigenvalue weighted by Gasteiger charge is 2.02. The van der Waals surface area contributed by atoms with E-state index in [9.17, 15) is 4.39 Å². The Morgan fingerprint density at radius 2 is 2.24 bits per heavy atom. The minimum atomic E-state index is -0.186. The van der Waals surface area contributed by atoms with Crippen LogP contribution in [0.3, 0.4) is 0 Å². The molecule has 1 N–H and O–H groups in total. The molecule has 1 heterocycles. The second-order valence-corrected chi connectivity index (χ2v) is 3.95. The fourth-order valence-corrected chi connectivity index (χ4v) is 1.68. The molecule has 0 spiro atoms. The number of hydrogen-bond acceptors (Lipinski definition) is 2. The van der Waals surface area contributed by atoms with E-state index < -0.39 is 0 Å². The van der Waals surface area contributed by atoms with Crippen molar-refractivity contribution in [2.75, 3.05) is 5.32 Å². The van der Waals surface area contributed by atoms with E-state index in [0.29, 0.717) is 12.1 Å². The van der Waals surface area contributed by atoms with Crippen LogP contribution in [0.4, 0.5) is 10.1 Å². The summed E-state index contributed by atoms with van der Waals surface area (Å²) in [5.41, 5.74) is 1.43. The van der Waals surface area contributed by atoms with Crippen LogP contribution < -0.4 is 5.32 Å². The molecule has 2 rings (SSSR count). The zero-order valence-corrected chi connectivity index (χ0v) is 10.1. The van der Waals surface area contributed by atoms with Gasteiger partial charge in [0.05, 0.1) is 6.54 Å². The van der Waals surface area contributed by atoms with E-state index in [-0.39, 0.29) is 5.82 Å². The molecule has 0 bridgehead atoms. The predicted molar refractivity (Wildman–Crippen MR) is 66.4 cm³/mol. The first kappa shape index (κ1) is 11.6. The summed E-state index contributed by atoms with van der Waals surface area (Å²) in [4.78, 5) is 4.25. The quantitative estimate of drug-likeness (QED) is 0.879. The molecule has 0 aliphatic rings. The molecule has 0 aliphatic carbocycles. The van der Waals surface area contributed by atoms with Crippen molar-refractivity contribution in [1.82, 2.24) is 9.55 Å². The molecule has 0 unspecified atom stereocenters. The summed E-state index contributed by atoms with van der Waals surface area (Å²) in [6.45, 7) is 5.31. The lowest BCUT2D eigenvalue weighted by Crippen LogP contribution is -2.07. The number of nitrogens with one attached hydrogen (secondary N) is 1. The monoisotopic (exact) mass is 233 g/mol. The van der Waals surface area contributed by atoms with E-state index in [2.05, 4.69) is 21.8 Å². The fraction of sp³-hybridized carbons (Fsp3) is 0.308. The van der Waals surface area contributed by atoms with Crippen LogP contribution in [0.5, 0.6) is 0 Å². The molecule has 0 aliphatic heterocycles. The number of benzene rings is 1. The van der Waals surface area contributed by atoms with Crippen LogP contribution in [0.15, 0.2) is 30.6 Å². The van der Waals surface area contributed by atoms with Gasteiger partial charge in [-0.1, -0.05) is 6.07 Å². The normalized spacial score (nSPS) is 10.5. The summed E-state index contributed by atoms with van der Waals surface area (Å²) >= 11 is 0. The first-order chi connectivity index (χ1) is 8.20. The Morgan fingerprint density at radius 3 is 2.94 bits per heavy atom. The fourth-order valence-electron chi connectivity index (χ4n) is 1.68. The van der Waals surface area contributed by atoms with Crippen molar-refractivity contribution >= 4 is 5.69 Å². The Hall–Kier alpha value is -1.84. The average molecular weight is 233 g/mol. The molecule has 90 valence electrons. The zero-order chi connectivity index (χ0) is 12.3. The summed E-state index contributed by atoms with van der Waals surface area (Å²) in [6, 6.07) is 5.15. The number of imidazole rings is 1. The van der Waals surface area contributed by atoms with E-state index in [4.69, 9.17) is 0 Å². The largest absolute Gasteiger partial charge is 0.378 e. The van der Waals surface area contributed by atoms with Crippen molar-refractivity contribution in [3.63, 3.8) is 0 Å². The minimum Gasteiger partial charge on any atom is -0.378 e. The average Bonchev–Trinajstić information content (AvgIpc) is 2.78. The maximum Gasteiger partial charge on any atom is 0.128 e. The van der Waals surface area contributed by atoms with E-state index >= 15 is 0 Å². The molecule has 0 saturated heterocycles. The molecule has 0 fully saturated rings. The number of anilines is 1. The predicted octanol–water partition coefficient (Wildman–Crippen LogP) is 2.96. The van der Waals surface area contributed by atoms with Crippen LogP contribution in [-0.4, -0.2) is 9.55 Å². The maximum absolute atomic E-state index is 13.3. The van der Waals surface area contributed by atoms with Gasteiger partial charge >= 0.3 is 0 Å². The Kier molecular flexibility index (Phi) is 3.42. The second kappa shape index (κ2) is 4.99. The topological polar surface area (TPSA) is 29.9 Å². The molecule has 17 heavy (non-hydrogen) atoms. The number of halogens is 1. The number of aryl methyl sites for hydroxylation is 2. The Morgan fingerprint density at radius 1 is 1.41 bits per heavy atom. The first-order valence-electron chi connectivity index (χ1n) is 5.70. The highest BCUT2D eigenvalue weighted by atomic mass is 19.1.